The molecule has 0 aliphatic heterocycles. The molecule has 0 aliphatic carbocycles. The van der Waals surface area contributed by atoms with Crippen molar-refractivity contribution < 1.29 is 4.39 Å². The predicted molar refractivity (Wildman–Crippen MR) is 47.9 cm³/mol. The number of H-pyrrole nitrogens is 1. The molecular weight excluding hydrogens is 175 g/mol. The van der Waals surface area contributed by atoms with E-state index in [0.29, 0.717) is 22.8 Å². The fourth-order valence-electron chi connectivity index (χ4n) is 0.971. The van der Waals surface area contributed by atoms with Crippen molar-refractivity contribution in [3.8, 4) is 0 Å². The molecule has 1 heterocycles. The van der Waals surface area contributed by atoms with Gasteiger partial charge in [-0.05, 0) is 24.6 Å². The highest BCUT2D eigenvalue weighted by atomic mass is 32.1. The van der Waals surface area contributed by atoms with Crippen LogP contribution in [-0.2, 0) is 6.42 Å². The van der Waals surface area contributed by atoms with Gasteiger partial charge in [-0.15, -0.1) is 0 Å². The minimum absolute atomic E-state index is 0.308. The van der Waals surface area contributed by atoms with E-state index in [4.69, 9.17) is 12.2 Å². The third-order valence-corrected chi connectivity index (χ3v) is 1.66. The van der Waals surface area contributed by atoms with Crippen molar-refractivity contribution in [2.75, 3.05) is 0 Å². The van der Waals surface area contributed by atoms with Gasteiger partial charge in [-0.25, -0.2) is 9.37 Å². The van der Waals surface area contributed by atoms with Crippen LogP contribution < -0.4 is 0 Å². The number of nitrogens with zero attached hydrogens (tertiary/aromatic N) is 1. The number of rotatable bonds is 2. The molecule has 1 N–H and O–H groups in total. The lowest BCUT2D eigenvalue weighted by molar-refractivity contribution is 0.552. The zero-order valence-corrected chi connectivity index (χ0v) is 7.91. The maximum Gasteiger partial charge on any atom is 0.197 e. The Morgan fingerprint density at radius 1 is 1.67 bits per heavy atom. The van der Waals surface area contributed by atoms with Crippen molar-refractivity contribution in [2.24, 2.45) is 5.92 Å². The van der Waals surface area contributed by atoms with E-state index in [2.05, 4.69) is 9.97 Å². The van der Waals surface area contributed by atoms with Crippen LogP contribution in [0.1, 0.15) is 19.5 Å². The molecule has 0 saturated heterocycles. The molecule has 1 aromatic rings. The molecule has 12 heavy (non-hydrogen) atoms. The first-order valence-corrected chi connectivity index (χ1v) is 4.24. The molecule has 4 heteroatoms. The van der Waals surface area contributed by atoms with E-state index < -0.39 is 0 Å². The Hall–Kier alpha value is -0.770. The second-order valence-corrected chi connectivity index (χ2v) is 3.50. The summed E-state index contributed by atoms with van der Waals surface area (Å²) in [5.74, 6) is 0.102. The summed E-state index contributed by atoms with van der Waals surface area (Å²) in [6.07, 6.45) is 1.83. The first kappa shape index (κ1) is 9.32. The summed E-state index contributed by atoms with van der Waals surface area (Å²) in [6, 6.07) is 0. The number of halogens is 1. The zero-order chi connectivity index (χ0) is 9.14. The molecule has 1 rings (SSSR count). The predicted octanol–water partition coefficient (Wildman–Crippen LogP) is 2.48. The van der Waals surface area contributed by atoms with E-state index in [1.807, 2.05) is 13.8 Å². The summed E-state index contributed by atoms with van der Waals surface area (Å²) in [7, 11) is 0. The van der Waals surface area contributed by atoms with Crippen LogP contribution >= 0.6 is 12.2 Å². The first-order chi connectivity index (χ1) is 5.59. The molecule has 1 aromatic heterocycles. The van der Waals surface area contributed by atoms with Gasteiger partial charge in [0.2, 0.25) is 0 Å². The normalized spacial score (nSPS) is 10.7. The summed E-state index contributed by atoms with van der Waals surface area (Å²) in [5, 5.41) is 0. The van der Waals surface area contributed by atoms with Crippen LogP contribution in [0.4, 0.5) is 4.39 Å². The zero-order valence-electron chi connectivity index (χ0n) is 7.10. The van der Waals surface area contributed by atoms with E-state index in [9.17, 15) is 4.39 Å². The average molecular weight is 186 g/mol. The fraction of sp³-hybridized carbons (Fsp3) is 0.500. The summed E-state index contributed by atoms with van der Waals surface area (Å²) in [5.41, 5.74) is 0.546. The average Bonchev–Trinajstić information content (AvgIpc) is 1.96. The van der Waals surface area contributed by atoms with Crippen molar-refractivity contribution in [2.45, 2.75) is 20.3 Å². The topological polar surface area (TPSA) is 28.7 Å². The van der Waals surface area contributed by atoms with Crippen molar-refractivity contribution in [3.05, 3.63) is 22.5 Å². The number of hydrogen-bond donors (Lipinski definition) is 1. The van der Waals surface area contributed by atoms with Gasteiger partial charge in [0.1, 0.15) is 0 Å². The van der Waals surface area contributed by atoms with Crippen LogP contribution in [0.3, 0.4) is 0 Å². The summed E-state index contributed by atoms with van der Waals surface area (Å²) in [6.45, 7) is 4.05. The molecular formula is C8H11FN2S. The number of nitrogens with one attached hydrogen (secondary N) is 1. The lowest BCUT2D eigenvalue weighted by Crippen LogP contribution is -2.01. The van der Waals surface area contributed by atoms with Crippen molar-refractivity contribution in [3.63, 3.8) is 0 Å². The molecule has 0 amide bonds. The van der Waals surface area contributed by atoms with Crippen LogP contribution in [0, 0.1) is 16.5 Å². The largest absolute Gasteiger partial charge is 0.332 e. The van der Waals surface area contributed by atoms with Crippen LogP contribution in [0.5, 0.6) is 0 Å². The molecule has 0 saturated carbocycles. The molecule has 2 nitrogen and oxygen atoms in total. The second kappa shape index (κ2) is 3.76. The van der Waals surface area contributed by atoms with Gasteiger partial charge in [0.05, 0.1) is 11.9 Å². The highest BCUT2D eigenvalue weighted by Gasteiger charge is 2.04. The van der Waals surface area contributed by atoms with E-state index in [1.165, 1.54) is 0 Å². The van der Waals surface area contributed by atoms with Crippen LogP contribution in [0.2, 0.25) is 0 Å². The summed E-state index contributed by atoms with van der Waals surface area (Å²) < 4.78 is 13.3. The van der Waals surface area contributed by atoms with Gasteiger partial charge in [0.15, 0.2) is 10.6 Å². The Kier molecular flexibility index (Phi) is 2.92. The Morgan fingerprint density at radius 3 is 2.92 bits per heavy atom. The first-order valence-electron chi connectivity index (χ1n) is 3.83. The van der Waals surface area contributed by atoms with E-state index in [-0.39, 0.29) is 5.82 Å². The van der Waals surface area contributed by atoms with Gasteiger partial charge in [-0.3, -0.25) is 0 Å². The van der Waals surface area contributed by atoms with E-state index >= 15 is 0 Å². The highest BCUT2D eigenvalue weighted by Crippen LogP contribution is 2.07. The molecule has 0 fully saturated rings. The van der Waals surface area contributed by atoms with Gasteiger partial charge in [0.25, 0.3) is 0 Å². The summed E-state index contributed by atoms with van der Waals surface area (Å²) >= 11 is 4.78. The Morgan fingerprint density at radius 2 is 2.33 bits per heavy atom. The quantitative estimate of drug-likeness (QED) is 0.719. The minimum Gasteiger partial charge on any atom is -0.332 e. The molecule has 0 bridgehead atoms. The molecule has 0 atom stereocenters. The van der Waals surface area contributed by atoms with E-state index in [1.54, 1.807) is 0 Å². The standard InChI is InChI=1S/C8H11FN2S/c1-5(2)3-7-6(9)4-10-8(12)11-7/h4-5H,3H2,1-2H3,(H,10,11,12). The summed E-state index contributed by atoms with van der Waals surface area (Å²) in [4.78, 5) is 6.37. The minimum atomic E-state index is -0.308. The molecule has 0 unspecified atom stereocenters. The van der Waals surface area contributed by atoms with E-state index in [0.717, 1.165) is 6.20 Å². The van der Waals surface area contributed by atoms with Gasteiger partial charge in [-0.1, -0.05) is 13.8 Å². The SMILES string of the molecule is CC(C)Cc1[nH]c(=S)ncc1F. The number of aromatic amines is 1. The third kappa shape index (κ3) is 2.37. The smallest absolute Gasteiger partial charge is 0.197 e. The van der Waals surface area contributed by atoms with Crippen molar-refractivity contribution >= 4 is 12.2 Å². The van der Waals surface area contributed by atoms with Gasteiger partial charge < -0.3 is 4.98 Å². The fourth-order valence-corrected chi connectivity index (χ4v) is 1.15. The molecule has 0 spiro atoms. The maximum absolute atomic E-state index is 13.0. The maximum atomic E-state index is 13.0. The number of aromatic nitrogens is 2. The van der Waals surface area contributed by atoms with Gasteiger partial charge >= 0.3 is 0 Å². The Bertz CT molecular complexity index is 319. The molecule has 0 radical (unpaired) electrons. The number of hydrogen-bond acceptors (Lipinski definition) is 2. The third-order valence-electron chi connectivity index (χ3n) is 1.45. The van der Waals surface area contributed by atoms with Gasteiger partial charge in [-0.2, -0.15) is 0 Å². The van der Waals surface area contributed by atoms with Gasteiger partial charge in [0, 0.05) is 0 Å². The molecule has 66 valence electrons. The monoisotopic (exact) mass is 186 g/mol. The lowest BCUT2D eigenvalue weighted by Gasteiger charge is -2.04. The van der Waals surface area contributed by atoms with Crippen LogP contribution in [-0.4, -0.2) is 9.97 Å². The van der Waals surface area contributed by atoms with Crippen LogP contribution in [0.15, 0.2) is 6.20 Å². The second-order valence-electron chi connectivity index (χ2n) is 3.11. The lowest BCUT2D eigenvalue weighted by atomic mass is 10.1. The Balaban J connectivity index is 2.97. The Labute approximate surface area is 75.9 Å². The highest BCUT2D eigenvalue weighted by molar-refractivity contribution is 7.71. The molecule has 0 aromatic carbocycles. The van der Waals surface area contributed by atoms with Crippen LogP contribution in [0.25, 0.3) is 0 Å². The molecule has 0 aliphatic rings. The van der Waals surface area contributed by atoms with Crippen molar-refractivity contribution in [1.29, 1.82) is 0 Å². The van der Waals surface area contributed by atoms with Crippen molar-refractivity contribution in [1.82, 2.24) is 9.97 Å².